The summed E-state index contributed by atoms with van der Waals surface area (Å²) >= 11 is 0. The number of aliphatic hydroxyl groups is 1. The van der Waals surface area contributed by atoms with Crippen LogP contribution in [0.2, 0.25) is 0 Å². The summed E-state index contributed by atoms with van der Waals surface area (Å²) in [6.45, 7) is 3.28. The van der Waals surface area contributed by atoms with E-state index in [1.165, 1.54) is 32.1 Å². The first-order chi connectivity index (χ1) is 11.5. The number of fused-ring (bicyclic) bond motifs is 5. The van der Waals surface area contributed by atoms with Crippen molar-refractivity contribution in [2.24, 2.45) is 40.4 Å². The summed E-state index contributed by atoms with van der Waals surface area (Å²) in [6.07, 6.45) is 10.4. The zero-order valence-electron chi connectivity index (χ0n) is 15.3. The molecule has 0 heterocycles. The van der Waals surface area contributed by atoms with E-state index in [0.29, 0.717) is 11.3 Å². The van der Waals surface area contributed by atoms with Crippen LogP contribution in [-0.4, -0.2) is 24.9 Å². The topological polar surface area (TPSA) is 53.2 Å². The normalized spacial score (nSPS) is 53.6. The van der Waals surface area contributed by atoms with Crippen molar-refractivity contribution in [3.05, 3.63) is 0 Å². The van der Waals surface area contributed by atoms with Gasteiger partial charge in [-0.1, -0.05) is 6.92 Å². The Morgan fingerprint density at radius 2 is 1.92 bits per heavy atom. The third kappa shape index (κ3) is 2.22. The van der Waals surface area contributed by atoms with Crippen molar-refractivity contribution in [3.63, 3.8) is 0 Å². The number of methoxy groups -OCH3 is 1. The van der Waals surface area contributed by atoms with Crippen LogP contribution in [0.4, 0.5) is 0 Å². The van der Waals surface area contributed by atoms with Crippen molar-refractivity contribution in [1.29, 1.82) is 5.26 Å². The van der Waals surface area contributed by atoms with Gasteiger partial charge in [0, 0.05) is 7.11 Å². The van der Waals surface area contributed by atoms with Gasteiger partial charge in [-0.05, 0) is 92.3 Å². The number of hydrogen-bond acceptors (Lipinski definition) is 3. The van der Waals surface area contributed by atoms with Crippen molar-refractivity contribution in [2.75, 3.05) is 13.7 Å². The fourth-order valence-electron chi connectivity index (χ4n) is 7.79. The molecule has 0 radical (unpaired) electrons. The van der Waals surface area contributed by atoms with E-state index >= 15 is 0 Å². The fraction of sp³-hybridized carbons (Fsp3) is 0.952. The molecule has 4 aliphatic carbocycles. The Kier molecular flexibility index (Phi) is 4.21. The number of rotatable bonds is 2. The van der Waals surface area contributed by atoms with Crippen LogP contribution >= 0.6 is 0 Å². The molecule has 1 N–H and O–H groups in total. The second-order valence-electron chi connectivity index (χ2n) is 9.55. The lowest BCUT2D eigenvalue weighted by Crippen LogP contribution is -2.56. The largest absolute Gasteiger partial charge is 0.393 e. The molecule has 0 aromatic carbocycles. The molecular formula is C21H33NO2. The predicted octanol–water partition coefficient (Wildman–Crippen LogP) is 4.16. The van der Waals surface area contributed by atoms with Crippen molar-refractivity contribution in [2.45, 2.75) is 70.8 Å². The number of hydrogen-bond donors (Lipinski definition) is 1. The second-order valence-corrected chi connectivity index (χ2v) is 9.55. The van der Waals surface area contributed by atoms with Crippen LogP contribution in [-0.2, 0) is 4.74 Å². The molecule has 0 saturated heterocycles. The number of aliphatic hydroxyl groups excluding tert-OH is 1. The molecule has 0 aromatic rings. The van der Waals surface area contributed by atoms with E-state index in [-0.39, 0.29) is 17.4 Å². The molecular weight excluding hydrogens is 298 g/mol. The first-order valence-corrected chi connectivity index (χ1v) is 10.1. The quantitative estimate of drug-likeness (QED) is 0.827. The molecule has 3 heteroatoms. The average molecular weight is 332 g/mol. The molecule has 4 rings (SSSR count). The fourth-order valence-corrected chi connectivity index (χ4v) is 7.79. The third-order valence-electron chi connectivity index (χ3n) is 8.91. The second kappa shape index (κ2) is 5.99. The zero-order chi connectivity index (χ0) is 16.9. The van der Waals surface area contributed by atoms with Crippen molar-refractivity contribution in [1.82, 2.24) is 0 Å². The average Bonchev–Trinajstić information content (AvgIpc) is 2.92. The van der Waals surface area contributed by atoms with Gasteiger partial charge in [-0.25, -0.2) is 0 Å². The molecule has 4 fully saturated rings. The highest BCUT2D eigenvalue weighted by molar-refractivity contribution is 5.13. The van der Waals surface area contributed by atoms with Gasteiger partial charge >= 0.3 is 0 Å². The highest BCUT2D eigenvalue weighted by Gasteiger charge is 2.61. The minimum absolute atomic E-state index is 0.0974. The van der Waals surface area contributed by atoms with Gasteiger partial charge in [-0.2, -0.15) is 5.26 Å². The van der Waals surface area contributed by atoms with E-state index in [2.05, 4.69) is 13.0 Å². The monoisotopic (exact) mass is 331 g/mol. The molecule has 8 atom stereocenters. The summed E-state index contributed by atoms with van der Waals surface area (Å²) < 4.78 is 5.77. The van der Waals surface area contributed by atoms with Gasteiger partial charge in [-0.3, -0.25) is 0 Å². The van der Waals surface area contributed by atoms with Crippen LogP contribution in [0, 0.1) is 51.8 Å². The zero-order valence-corrected chi connectivity index (χ0v) is 15.3. The Balaban J connectivity index is 1.65. The first-order valence-electron chi connectivity index (χ1n) is 10.1. The lowest BCUT2D eigenvalue weighted by atomic mass is 9.44. The minimum Gasteiger partial charge on any atom is -0.393 e. The Hall–Kier alpha value is -0.590. The highest BCUT2D eigenvalue weighted by atomic mass is 16.5. The Morgan fingerprint density at radius 1 is 1.08 bits per heavy atom. The predicted molar refractivity (Wildman–Crippen MR) is 93.0 cm³/mol. The molecule has 134 valence electrons. The smallest absolute Gasteiger partial charge is 0.0661 e. The molecule has 0 aliphatic heterocycles. The van der Waals surface area contributed by atoms with E-state index in [1.54, 1.807) is 0 Å². The summed E-state index contributed by atoms with van der Waals surface area (Å²) in [7, 11) is 1.86. The van der Waals surface area contributed by atoms with Gasteiger partial charge in [0.25, 0.3) is 0 Å². The maximum atomic E-state index is 10.2. The number of nitrogens with zero attached hydrogens (tertiary/aromatic N) is 1. The maximum absolute atomic E-state index is 10.2. The lowest BCUT2D eigenvalue weighted by Gasteiger charge is -2.61. The lowest BCUT2D eigenvalue weighted by molar-refractivity contribution is -0.156. The molecule has 3 unspecified atom stereocenters. The van der Waals surface area contributed by atoms with Gasteiger partial charge in [-0.15, -0.1) is 0 Å². The summed E-state index contributed by atoms with van der Waals surface area (Å²) in [4.78, 5) is 0. The van der Waals surface area contributed by atoms with E-state index in [0.717, 1.165) is 50.0 Å². The minimum atomic E-state index is -0.0974. The van der Waals surface area contributed by atoms with Crippen molar-refractivity contribution in [3.8, 4) is 6.07 Å². The van der Waals surface area contributed by atoms with Gasteiger partial charge in [0.05, 0.1) is 24.7 Å². The van der Waals surface area contributed by atoms with Gasteiger partial charge in [0.2, 0.25) is 0 Å². The highest BCUT2D eigenvalue weighted by Crippen LogP contribution is 2.67. The summed E-state index contributed by atoms with van der Waals surface area (Å²) in [5, 5.41) is 19.8. The molecule has 4 saturated carbocycles. The van der Waals surface area contributed by atoms with Crippen LogP contribution in [0.15, 0.2) is 0 Å². The van der Waals surface area contributed by atoms with Gasteiger partial charge in [0.15, 0.2) is 0 Å². The summed E-state index contributed by atoms with van der Waals surface area (Å²) in [5.74, 6) is 3.18. The van der Waals surface area contributed by atoms with E-state index in [1.807, 2.05) is 7.11 Å². The first kappa shape index (κ1) is 16.9. The standard InChI is InChI=1S/C21H33NO2/c1-20-9-8-19-17(18(20)6-4-15(20)12-22)5-3-14-11-16(23)7-10-21(14,19)13-24-2/h14-19,23H,3-11,13H2,1-2H3/t14?,15?,16?,17-,18-,19+,20+,21+/m0/s1. The molecule has 24 heavy (non-hydrogen) atoms. The van der Waals surface area contributed by atoms with Crippen LogP contribution < -0.4 is 0 Å². The Bertz CT molecular complexity index is 528. The SMILES string of the molecule is COC[C@]12CCC(O)CC1CC[C@@H]1[C@H]2CC[C@]2(C)C(C#N)CC[C@@H]12. The molecule has 0 bridgehead atoms. The molecule has 0 aromatic heterocycles. The Labute approximate surface area is 146 Å². The summed E-state index contributed by atoms with van der Waals surface area (Å²) in [6, 6.07) is 2.64. The van der Waals surface area contributed by atoms with E-state index in [9.17, 15) is 10.4 Å². The third-order valence-corrected chi connectivity index (χ3v) is 8.91. The van der Waals surface area contributed by atoms with Crippen LogP contribution in [0.3, 0.4) is 0 Å². The molecule has 0 amide bonds. The number of ether oxygens (including phenoxy) is 1. The van der Waals surface area contributed by atoms with Crippen molar-refractivity contribution < 1.29 is 9.84 Å². The van der Waals surface area contributed by atoms with Crippen LogP contribution in [0.1, 0.15) is 64.7 Å². The van der Waals surface area contributed by atoms with Crippen LogP contribution in [0.5, 0.6) is 0 Å². The molecule has 3 nitrogen and oxygen atoms in total. The van der Waals surface area contributed by atoms with Crippen molar-refractivity contribution >= 4 is 0 Å². The van der Waals surface area contributed by atoms with E-state index < -0.39 is 0 Å². The molecule has 0 spiro atoms. The van der Waals surface area contributed by atoms with Gasteiger partial charge in [0.1, 0.15) is 0 Å². The van der Waals surface area contributed by atoms with Gasteiger partial charge < -0.3 is 9.84 Å². The Morgan fingerprint density at radius 3 is 2.67 bits per heavy atom. The van der Waals surface area contributed by atoms with E-state index in [4.69, 9.17) is 4.74 Å². The maximum Gasteiger partial charge on any atom is 0.0661 e. The summed E-state index contributed by atoms with van der Waals surface area (Å²) in [5.41, 5.74) is 0.550. The number of nitriles is 1. The van der Waals surface area contributed by atoms with Crippen LogP contribution in [0.25, 0.3) is 0 Å². The molecule has 4 aliphatic rings.